The van der Waals surface area contributed by atoms with Crippen molar-refractivity contribution >= 4 is 34.3 Å². The fraction of sp³-hybridized carbons (Fsp3) is 0.154. The number of aliphatic imine (C=N–C) groups is 1. The van der Waals surface area contributed by atoms with Gasteiger partial charge in [-0.15, -0.1) is 0 Å². The molecule has 0 unspecified atom stereocenters. The summed E-state index contributed by atoms with van der Waals surface area (Å²) in [7, 11) is 0. The van der Waals surface area contributed by atoms with E-state index < -0.39 is 0 Å². The minimum absolute atomic E-state index is 0.153. The van der Waals surface area contributed by atoms with Crippen molar-refractivity contribution < 1.29 is 5.11 Å². The summed E-state index contributed by atoms with van der Waals surface area (Å²) in [4.78, 5) is 18.0. The Hall–Kier alpha value is -3.37. The van der Waals surface area contributed by atoms with E-state index in [1.54, 1.807) is 36.5 Å². The summed E-state index contributed by atoms with van der Waals surface area (Å²) in [5, 5.41) is 12.8. The molecule has 0 aliphatic heterocycles. The van der Waals surface area contributed by atoms with Crippen LogP contribution >= 0.6 is 11.6 Å². The lowest BCUT2D eigenvalue weighted by atomic mass is 9.90. The number of hydrogen-bond donors (Lipinski definition) is 1. The molecule has 1 heterocycles. The van der Waals surface area contributed by atoms with Crippen LogP contribution in [0.5, 0.6) is 5.88 Å². The fourth-order valence-electron chi connectivity index (χ4n) is 4.36. The number of hydrogen-bond acceptors (Lipinski definition) is 3. The lowest BCUT2D eigenvalue weighted by Crippen LogP contribution is -2.20. The van der Waals surface area contributed by atoms with Crippen LogP contribution < -0.4 is 5.56 Å². The van der Waals surface area contributed by atoms with E-state index in [0.717, 1.165) is 24.9 Å². The van der Waals surface area contributed by atoms with E-state index in [-0.39, 0.29) is 11.4 Å². The highest BCUT2D eigenvalue weighted by Crippen LogP contribution is 2.31. The van der Waals surface area contributed by atoms with Crippen LogP contribution in [0.15, 0.2) is 76.5 Å². The molecule has 31 heavy (non-hydrogen) atoms. The summed E-state index contributed by atoms with van der Waals surface area (Å²) in [6, 6.07) is 20.4. The molecule has 0 spiro atoms. The molecule has 0 bridgehead atoms. The minimum Gasteiger partial charge on any atom is -0.494 e. The van der Waals surface area contributed by atoms with Gasteiger partial charge in [0.15, 0.2) is 0 Å². The maximum atomic E-state index is 13.2. The highest BCUT2D eigenvalue weighted by Gasteiger charge is 2.17. The number of nitrogens with zero attached hydrogens (tertiary/aromatic N) is 2. The van der Waals surface area contributed by atoms with Gasteiger partial charge in [-0.2, -0.15) is 0 Å². The fourth-order valence-corrected chi connectivity index (χ4v) is 4.54. The molecular weight excluding hydrogens is 408 g/mol. The molecule has 1 N–H and O–H groups in total. The summed E-state index contributed by atoms with van der Waals surface area (Å²) in [6.07, 6.45) is 6.12. The van der Waals surface area contributed by atoms with Gasteiger partial charge in [0.2, 0.25) is 5.88 Å². The van der Waals surface area contributed by atoms with E-state index in [0.29, 0.717) is 27.0 Å². The Labute approximate surface area is 185 Å². The van der Waals surface area contributed by atoms with Gasteiger partial charge < -0.3 is 5.11 Å². The van der Waals surface area contributed by atoms with Crippen molar-refractivity contribution in [3.8, 4) is 11.6 Å². The van der Waals surface area contributed by atoms with Gasteiger partial charge in [0.05, 0.1) is 16.9 Å². The smallest absolute Gasteiger partial charge is 0.265 e. The molecule has 1 aromatic heterocycles. The van der Waals surface area contributed by atoms with E-state index in [9.17, 15) is 9.90 Å². The molecule has 4 nitrogen and oxygen atoms in total. The first kappa shape index (κ1) is 19.6. The van der Waals surface area contributed by atoms with Gasteiger partial charge in [-0.05, 0) is 67.1 Å². The zero-order valence-corrected chi connectivity index (χ0v) is 17.6. The van der Waals surface area contributed by atoms with E-state index in [2.05, 4.69) is 6.07 Å². The number of aromatic hydroxyl groups is 1. The van der Waals surface area contributed by atoms with Crippen LogP contribution in [-0.4, -0.2) is 15.9 Å². The molecule has 0 amide bonds. The lowest BCUT2D eigenvalue weighted by Gasteiger charge is -2.17. The number of rotatable bonds is 3. The SMILES string of the molecule is O=c1c2ccccc2c(C=Nc2cccc3c2CCCC3)c(O)n1-c1cccc(Cl)c1. The highest BCUT2D eigenvalue weighted by molar-refractivity contribution is 6.30. The molecule has 5 rings (SSSR count). The molecule has 1 aliphatic rings. The minimum atomic E-state index is -0.301. The number of fused-ring (bicyclic) bond motifs is 2. The van der Waals surface area contributed by atoms with Gasteiger partial charge in [-0.3, -0.25) is 9.79 Å². The van der Waals surface area contributed by atoms with Crippen molar-refractivity contribution in [3.63, 3.8) is 0 Å². The molecule has 0 saturated carbocycles. The summed E-state index contributed by atoms with van der Waals surface area (Å²) in [5.41, 5.74) is 4.25. The van der Waals surface area contributed by atoms with E-state index in [1.807, 2.05) is 30.3 Å². The molecule has 0 atom stereocenters. The summed E-state index contributed by atoms with van der Waals surface area (Å²) >= 11 is 6.14. The van der Waals surface area contributed by atoms with Gasteiger partial charge >= 0.3 is 0 Å². The Balaban J connectivity index is 1.73. The van der Waals surface area contributed by atoms with Crippen LogP contribution in [0.2, 0.25) is 5.02 Å². The quantitative estimate of drug-likeness (QED) is 0.408. The van der Waals surface area contributed by atoms with Gasteiger partial charge in [0, 0.05) is 22.0 Å². The van der Waals surface area contributed by atoms with Crippen LogP contribution in [0.4, 0.5) is 5.69 Å². The van der Waals surface area contributed by atoms with Crippen LogP contribution in [0.3, 0.4) is 0 Å². The summed E-state index contributed by atoms with van der Waals surface area (Å²) in [5.74, 6) is -0.153. The number of aromatic nitrogens is 1. The second-order valence-electron chi connectivity index (χ2n) is 7.78. The van der Waals surface area contributed by atoms with E-state index in [4.69, 9.17) is 16.6 Å². The molecule has 5 heteroatoms. The van der Waals surface area contributed by atoms with E-state index in [1.165, 1.54) is 22.1 Å². The zero-order valence-electron chi connectivity index (χ0n) is 16.9. The van der Waals surface area contributed by atoms with Crippen molar-refractivity contribution in [2.75, 3.05) is 0 Å². The largest absolute Gasteiger partial charge is 0.494 e. The molecule has 154 valence electrons. The second kappa shape index (κ2) is 8.05. The summed E-state index contributed by atoms with van der Waals surface area (Å²) < 4.78 is 1.29. The van der Waals surface area contributed by atoms with Gasteiger partial charge in [0.1, 0.15) is 0 Å². The monoisotopic (exact) mass is 428 g/mol. The maximum absolute atomic E-state index is 13.2. The Kier molecular flexibility index (Phi) is 5.08. The molecule has 0 saturated heterocycles. The third kappa shape index (κ3) is 3.53. The zero-order chi connectivity index (χ0) is 21.4. The maximum Gasteiger partial charge on any atom is 0.265 e. The predicted octanol–water partition coefficient (Wildman–Crippen LogP) is 5.98. The first-order chi connectivity index (χ1) is 15.1. The van der Waals surface area contributed by atoms with Crippen molar-refractivity contribution in [3.05, 3.63) is 98.8 Å². The number of aryl methyl sites for hydroxylation is 1. The van der Waals surface area contributed by atoms with Crippen molar-refractivity contribution in [1.82, 2.24) is 4.57 Å². The molecular formula is C26H21ClN2O2. The van der Waals surface area contributed by atoms with Crippen LogP contribution in [0.1, 0.15) is 29.5 Å². The van der Waals surface area contributed by atoms with Crippen LogP contribution in [-0.2, 0) is 12.8 Å². The molecule has 0 fully saturated rings. The normalized spacial score (nSPS) is 13.6. The van der Waals surface area contributed by atoms with Gasteiger partial charge in [0.25, 0.3) is 5.56 Å². The topological polar surface area (TPSA) is 54.6 Å². The number of benzene rings is 3. The Morgan fingerprint density at radius 1 is 0.935 bits per heavy atom. The van der Waals surface area contributed by atoms with Crippen molar-refractivity contribution in [2.45, 2.75) is 25.7 Å². The van der Waals surface area contributed by atoms with Crippen LogP contribution in [0.25, 0.3) is 16.5 Å². The predicted molar refractivity (Wildman–Crippen MR) is 127 cm³/mol. The van der Waals surface area contributed by atoms with E-state index >= 15 is 0 Å². The average molecular weight is 429 g/mol. The number of pyridine rings is 1. The second-order valence-corrected chi connectivity index (χ2v) is 8.22. The number of halogens is 1. The Morgan fingerprint density at radius 3 is 2.55 bits per heavy atom. The average Bonchev–Trinajstić information content (AvgIpc) is 2.79. The standard InChI is InChI=1S/C26H21ClN2O2/c27-18-9-6-10-19(15-18)29-25(30)22-13-4-3-12-21(22)23(26(29)31)16-28-24-14-5-8-17-7-1-2-11-20(17)24/h3-6,8-10,12-16,31H,1-2,7,11H2. The Morgan fingerprint density at radius 2 is 1.71 bits per heavy atom. The van der Waals surface area contributed by atoms with Gasteiger partial charge in [-0.25, -0.2) is 4.57 Å². The first-order valence-electron chi connectivity index (χ1n) is 10.4. The third-order valence-electron chi connectivity index (χ3n) is 5.87. The van der Waals surface area contributed by atoms with Crippen molar-refractivity contribution in [2.24, 2.45) is 4.99 Å². The molecule has 1 aliphatic carbocycles. The van der Waals surface area contributed by atoms with Crippen molar-refractivity contribution in [1.29, 1.82) is 0 Å². The van der Waals surface area contributed by atoms with Crippen LogP contribution in [0, 0.1) is 0 Å². The third-order valence-corrected chi connectivity index (χ3v) is 6.11. The summed E-state index contributed by atoms with van der Waals surface area (Å²) in [6.45, 7) is 0. The molecule has 0 radical (unpaired) electrons. The first-order valence-corrected chi connectivity index (χ1v) is 10.8. The highest BCUT2D eigenvalue weighted by atomic mass is 35.5. The lowest BCUT2D eigenvalue weighted by molar-refractivity contribution is 0.436. The van der Waals surface area contributed by atoms with Gasteiger partial charge in [-0.1, -0.05) is 48.0 Å². The molecule has 3 aromatic carbocycles. The Bertz CT molecular complexity index is 1390. The molecule has 4 aromatic rings.